The van der Waals surface area contributed by atoms with Crippen LogP contribution in [0.1, 0.15) is 6.92 Å². The molecule has 2 aromatic carbocycles. The van der Waals surface area contributed by atoms with Gasteiger partial charge in [0, 0.05) is 7.11 Å². The minimum atomic E-state index is -1.45. The fourth-order valence-electron chi connectivity index (χ4n) is 4.01. The maximum atomic E-state index is 2.71. The van der Waals surface area contributed by atoms with Crippen LogP contribution >= 0.6 is 0 Å². The Morgan fingerprint density at radius 3 is 1.18 bits per heavy atom. The Morgan fingerprint density at radius 1 is 0.591 bits per heavy atom. The van der Waals surface area contributed by atoms with Gasteiger partial charge in [0.2, 0.25) is 0 Å². The first-order valence-electron chi connectivity index (χ1n) is 8.38. The third-order valence-corrected chi connectivity index (χ3v) is 48.6. The monoisotopic (exact) mass is 342 g/mol. The van der Waals surface area contributed by atoms with Gasteiger partial charge in [-0.25, -0.2) is 0 Å². The highest BCUT2D eigenvalue weighted by Crippen LogP contribution is 2.32. The Balaban J connectivity index is 2.57. The lowest BCUT2D eigenvalue weighted by molar-refractivity contribution is 1.41. The van der Waals surface area contributed by atoms with Gasteiger partial charge in [0.05, 0.1) is 15.2 Å². The van der Waals surface area contributed by atoms with E-state index in [0.717, 1.165) is 0 Å². The van der Waals surface area contributed by atoms with Gasteiger partial charge in [0.15, 0.2) is 0 Å². The molecule has 0 fully saturated rings. The first-order chi connectivity index (χ1) is 10.3. The summed E-state index contributed by atoms with van der Waals surface area (Å²) in [5.41, 5.74) is 0. The highest BCUT2D eigenvalue weighted by molar-refractivity contribution is 7.73. The third-order valence-electron chi connectivity index (χ3n) is 6.46. The molecule has 0 heterocycles. The SMILES string of the molecule is CC[Si](C)([Si](C)(C)c1ccccc1)[Si](C)(C)c1ccccc1. The molecule has 0 unspecified atom stereocenters. The summed E-state index contributed by atoms with van der Waals surface area (Å²) in [6.07, 6.45) is 0. The summed E-state index contributed by atoms with van der Waals surface area (Å²) in [5.74, 6) is 0. The number of benzene rings is 2. The van der Waals surface area contributed by atoms with Gasteiger partial charge in [-0.2, -0.15) is 0 Å². The molecule has 0 spiro atoms. The third kappa shape index (κ3) is 2.70. The van der Waals surface area contributed by atoms with Gasteiger partial charge >= 0.3 is 0 Å². The molecular formula is C19H30Si3. The fourth-order valence-corrected chi connectivity index (χ4v) is 42.1. The van der Waals surface area contributed by atoms with Crippen LogP contribution in [-0.4, -0.2) is 22.3 Å². The van der Waals surface area contributed by atoms with Crippen LogP contribution in [0.3, 0.4) is 0 Å². The lowest BCUT2D eigenvalue weighted by Gasteiger charge is -2.51. The fraction of sp³-hybridized carbons (Fsp3) is 0.368. The van der Waals surface area contributed by atoms with Crippen molar-refractivity contribution >= 4 is 32.7 Å². The predicted molar refractivity (Wildman–Crippen MR) is 109 cm³/mol. The molecule has 0 nitrogen and oxygen atoms in total. The van der Waals surface area contributed by atoms with E-state index in [2.05, 4.69) is 100 Å². The summed E-state index contributed by atoms with van der Waals surface area (Å²) >= 11 is 0. The second-order valence-corrected chi connectivity index (χ2v) is 34.3. The topological polar surface area (TPSA) is 0 Å². The summed E-state index contributed by atoms with van der Waals surface area (Å²) in [6.45, 7) is 15.7. The van der Waals surface area contributed by atoms with Crippen molar-refractivity contribution in [2.45, 2.75) is 45.7 Å². The standard InChI is InChI=1S/C19H30Si3/c1-7-22(6,20(2,3)18-14-10-8-11-15-18)21(4,5)19-16-12-9-13-17-19/h8-17H,7H2,1-6H3. The number of rotatable bonds is 5. The van der Waals surface area contributed by atoms with E-state index in [9.17, 15) is 0 Å². The molecule has 2 aromatic rings. The van der Waals surface area contributed by atoms with Crippen LogP contribution < -0.4 is 10.4 Å². The minimum Gasteiger partial charge on any atom is -0.0723 e. The Morgan fingerprint density at radius 2 is 0.909 bits per heavy atom. The first kappa shape index (κ1) is 17.4. The van der Waals surface area contributed by atoms with E-state index in [1.165, 1.54) is 6.04 Å². The molecule has 22 heavy (non-hydrogen) atoms. The summed E-state index contributed by atoms with van der Waals surface area (Å²) in [5, 5.41) is 3.31. The molecule has 0 aliphatic heterocycles. The second kappa shape index (κ2) is 6.30. The van der Waals surface area contributed by atoms with Crippen LogP contribution in [0.4, 0.5) is 0 Å². The van der Waals surface area contributed by atoms with E-state index in [1.807, 2.05) is 0 Å². The van der Waals surface area contributed by atoms with Crippen LogP contribution in [0.5, 0.6) is 0 Å². The smallest absolute Gasteiger partial charge is 0.0720 e. The van der Waals surface area contributed by atoms with Gasteiger partial charge in [0.1, 0.15) is 0 Å². The van der Waals surface area contributed by atoms with Gasteiger partial charge in [-0.3, -0.25) is 0 Å². The number of hydrogen-bond acceptors (Lipinski definition) is 0. The Kier molecular flexibility index (Phi) is 5.00. The molecule has 0 aromatic heterocycles. The van der Waals surface area contributed by atoms with Gasteiger partial charge in [-0.1, -0.05) is 117 Å². The maximum absolute atomic E-state index is 2.71. The molecule has 3 heteroatoms. The van der Waals surface area contributed by atoms with E-state index in [1.54, 1.807) is 10.4 Å². The van der Waals surface area contributed by atoms with Crippen molar-refractivity contribution in [2.24, 2.45) is 0 Å². The van der Waals surface area contributed by atoms with E-state index < -0.39 is 22.3 Å². The quantitative estimate of drug-likeness (QED) is 0.703. The average molecular weight is 343 g/mol. The normalized spacial score (nSPS) is 13.2. The highest BCUT2D eigenvalue weighted by atomic mass is 29.6. The van der Waals surface area contributed by atoms with Gasteiger partial charge < -0.3 is 0 Å². The largest absolute Gasteiger partial charge is 0.0723 e. The molecule has 118 valence electrons. The Labute approximate surface area is 139 Å². The highest BCUT2D eigenvalue weighted by Gasteiger charge is 2.55. The van der Waals surface area contributed by atoms with Gasteiger partial charge in [-0.15, -0.1) is 0 Å². The summed E-state index contributed by atoms with van der Waals surface area (Å²) < 4.78 is 0. The van der Waals surface area contributed by atoms with Crippen LogP contribution in [-0.2, 0) is 0 Å². The van der Waals surface area contributed by atoms with E-state index >= 15 is 0 Å². The molecule has 0 bridgehead atoms. The molecule has 0 atom stereocenters. The molecule has 0 saturated carbocycles. The molecule has 0 saturated heterocycles. The van der Waals surface area contributed by atoms with Crippen molar-refractivity contribution in [2.75, 3.05) is 0 Å². The average Bonchev–Trinajstić information content (AvgIpc) is 2.55. The predicted octanol–water partition coefficient (Wildman–Crippen LogP) is 4.47. The van der Waals surface area contributed by atoms with Crippen LogP contribution in [0.2, 0.25) is 38.8 Å². The molecule has 0 aliphatic carbocycles. The summed E-state index contributed by atoms with van der Waals surface area (Å²) in [7, 11) is -4.28. The molecule has 0 N–H and O–H groups in total. The maximum Gasteiger partial charge on any atom is 0.0720 e. The van der Waals surface area contributed by atoms with Crippen LogP contribution in [0.25, 0.3) is 0 Å². The number of hydrogen-bond donors (Lipinski definition) is 0. The van der Waals surface area contributed by atoms with Crippen molar-refractivity contribution in [3.8, 4) is 0 Å². The van der Waals surface area contributed by atoms with Gasteiger partial charge in [-0.05, 0) is 0 Å². The van der Waals surface area contributed by atoms with Crippen molar-refractivity contribution in [1.29, 1.82) is 0 Å². The van der Waals surface area contributed by atoms with Crippen LogP contribution in [0, 0.1) is 0 Å². The lowest BCUT2D eigenvalue weighted by Crippen LogP contribution is -2.79. The van der Waals surface area contributed by atoms with Crippen LogP contribution in [0.15, 0.2) is 60.7 Å². The van der Waals surface area contributed by atoms with Crippen molar-refractivity contribution in [1.82, 2.24) is 0 Å². The van der Waals surface area contributed by atoms with E-state index in [0.29, 0.717) is 0 Å². The zero-order valence-electron chi connectivity index (χ0n) is 15.0. The lowest BCUT2D eigenvalue weighted by atomic mass is 10.4. The summed E-state index contributed by atoms with van der Waals surface area (Å²) in [6, 6.07) is 24.2. The Hall–Kier alpha value is -0.909. The Bertz CT molecular complexity index is 552. The van der Waals surface area contributed by atoms with E-state index in [4.69, 9.17) is 0 Å². The zero-order valence-corrected chi connectivity index (χ0v) is 18.0. The van der Waals surface area contributed by atoms with Crippen molar-refractivity contribution in [3.05, 3.63) is 60.7 Å². The first-order valence-corrected chi connectivity index (χ1v) is 19.1. The molecule has 2 rings (SSSR count). The zero-order chi connectivity index (χ0) is 16.4. The molecular weight excluding hydrogens is 312 g/mol. The molecule has 0 aliphatic rings. The minimum absolute atomic E-state index is 1.38. The van der Waals surface area contributed by atoms with Gasteiger partial charge in [0.25, 0.3) is 0 Å². The van der Waals surface area contributed by atoms with Crippen molar-refractivity contribution in [3.63, 3.8) is 0 Å². The molecule has 0 radical (unpaired) electrons. The van der Waals surface area contributed by atoms with E-state index in [-0.39, 0.29) is 0 Å². The molecule has 0 amide bonds. The second-order valence-electron chi connectivity index (χ2n) is 7.67. The van der Waals surface area contributed by atoms with Crippen molar-refractivity contribution < 1.29 is 0 Å². The summed E-state index contributed by atoms with van der Waals surface area (Å²) in [4.78, 5) is 0.